The molecule has 4 nitrogen and oxygen atoms in total. The maximum atomic E-state index is 12.9. The fourth-order valence-electron chi connectivity index (χ4n) is 3.15. The number of likely N-dealkylation sites (tertiary alicyclic amines) is 1. The molecule has 0 saturated carbocycles. The van der Waals surface area contributed by atoms with Crippen molar-refractivity contribution in [1.82, 2.24) is 15.1 Å². The van der Waals surface area contributed by atoms with E-state index in [1.807, 2.05) is 29.2 Å². The minimum atomic E-state index is 0.0805. The third-order valence-electron chi connectivity index (χ3n) is 5.36. The lowest BCUT2D eigenvalue weighted by molar-refractivity contribution is 0.0509. The average Bonchev–Trinajstić information content (AvgIpc) is 2.54. The van der Waals surface area contributed by atoms with Gasteiger partial charge in [0.1, 0.15) is 0 Å². The number of aromatic nitrogens is 2. The van der Waals surface area contributed by atoms with Crippen LogP contribution in [0.25, 0.3) is 10.9 Å². The van der Waals surface area contributed by atoms with E-state index in [1.54, 1.807) is 6.20 Å². The minimum absolute atomic E-state index is 0.0805. The zero-order valence-electron chi connectivity index (χ0n) is 13.5. The molecule has 22 heavy (non-hydrogen) atoms. The van der Waals surface area contributed by atoms with Crippen LogP contribution in [0.2, 0.25) is 0 Å². The molecule has 1 aliphatic rings. The molecule has 1 aliphatic heterocycles. The largest absolute Gasteiger partial charge is 0.339 e. The Hall–Kier alpha value is -1.97. The third kappa shape index (κ3) is 2.58. The molecule has 2 heterocycles. The molecule has 116 valence electrons. The fourth-order valence-corrected chi connectivity index (χ4v) is 3.15. The van der Waals surface area contributed by atoms with E-state index in [-0.39, 0.29) is 5.91 Å². The first-order valence-corrected chi connectivity index (χ1v) is 8.01. The van der Waals surface area contributed by atoms with Crippen molar-refractivity contribution in [3.8, 4) is 0 Å². The Bertz CT molecular complexity index is 682. The molecule has 0 atom stereocenters. The highest BCUT2D eigenvalue weighted by atomic mass is 16.2. The Morgan fingerprint density at radius 2 is 1.91 bits per heavy atom. The molecule has 0 unspecified atom stereocenters. The summed E-state index contributed by atoms with van der Waals surface area (Å²) >= 11 is 0. The van der Waals surface area contributed by atoms with Crippen LogP contribution in [0, 0.1) is 11.3 Å². The first-order chi connectivity index (χ1) is 10.5. The van der Waals surface area contributed by atoms with Crippen molar-refractivity contribution in [1.29, 1.82) is 0 Å². The topological polar surface area (TPSA) is 46.1 Å². The van der Waals surface area contributed by atoms with Crippen LogP contribution in [0.4, 0.5) is 0 Å². The molecule has 3 rings (SSSR count). The van der Waals surface area contributed by atoms with Gasteiger partial charge in [-0.05, 0) is 30.2 Å². The van der Waals surface area contributed by atoms with Crippen LogP contribution in [0.15, 0.2) is 30.5 Å². The first kappa shape index (κ1) is 14.9. The van der Waals surface area contributed by atoms with Crippen LogP contribution in [-0.4, -0.2) is 34.1 Å². The standard InChI is InChI=1S/C18H23N3O/c1-13(2)18(3)8-10-21(11-9-18)17(22)15-12-19-20-16-7-5-4-6-14(15)16/h4-7,12-13H,8-11H2,1-3H3. The van der Waals surface area contributed by atoms with Crippen molar-refractivity contribution in [2.24, 2.45) is 11.3 Å². The molecule has 1 saturated heterocycles. The monoisotopic (exact) mass is 297 g/mol. The lowest BCUT2D eigenvalue weighted by Crippen LogP contribution is -2.44. The maximum Gasteiger partial charge on any atom is 0.256 e. The zero-order valence-corrected chi connectivity index (χ0v) is 13.5. The van der Waals surface area contributed by atoms with Gasteiger partial charge in [0.2, 0.25) is 0 Å². The van der Waals surface area contributed by atoms with Crippen molar-refractivity contribution in [3.05, 3.63) is 36.0 Å². The molecule has 1 aromatic carbocycles. The summed E-state index contributed by atoms with van der Waals surface area (Å²) in [5.41, 5.74) is 1.78. The van der Waals surface area contributed by atoms with Gasteiger partial charge in [-0.15, -0.1) is 0 Å². The quantitative estimate of drug-likeness (QED) is 0.852. The molecule has 2 aromatic rings. The molecule has 1 amide bonds. The summed E-state index contributed by atoms with van der Waals surface area (Å²) in [5.74, 6) is 0.727. The molecule has 0 radical (unpaired) electrons. The zero-order chi connectivity index (χ0) is 15.7. The van der Waals surface area contributed by atoms with Crippen molar-refractivity contribution >= 4 is 16.8 Å². The average molecular weight is 297 g/mol. The van der Waals surface area contributed by atoms with Gasteiger partial charge in [-0.1, -0.05) is 39.0 Å². The van der Waals surface area contributed by atoms with Crippen molar-refractivity contribution < 1.29 is 4.79 Å². The van der Waals surface area contributed by atoms with Crippen LogP contribution in [0.1, 0.15) is 44.0 Å². The number of carbonyl (C=O) groups excluding carboxylic acids is 1. The van der Waals surface area contributed by atoms with Crippen molar-refractivity contribution in [3.63, 3.8) is 0 Å². The second kappa shape index (κ2) is 5.67. The van der Waals surface area contributed by atoms with Crippen LogP contribution in [-0.2, 0) is 0 Å². The number of nitrogens with zero attached hydrogens (tertiary/aromatic N) is 3. The summed E-state index contributed by atoms with van der Waals surface area (Å²) in [5, 5.41) is 8.97. The Balaban J connectivity index is 1.83. The molecule has 4 heteroatoms. The first-order valence-electron chi connectivity index (χ1n) is 8.01. The number of rotatable bonds is 2. The van der Waals surface area contributed by atoms with E-state index >= 15 is 0 Å². The smallest absolute Gasteiger partial charge is 0.256 e. The SMILES string of the molecule is CC(C)C1(C)CCN(C(=O)c2cnnc3ccccc23)CC1. The summed E-state index contributed by atoms with van der Waals surface area (Å²) in [6, 6.07) is 7.69. The van der Waals surface area contributed by atoms with E-state index < -0.39 is 0 Å². The van der Waals surface area contributed by atoms with Gasteiger partial charge >= 0.3 is 0 Å². The van der Waals surface area contributed by atoms with Crippen LogP contribution < -0.4 is 0 Å². The van der Waals surface area contributed by atoms with E-state index in [1.165, 1.54) is 0 Å². The number of piperidine rings is 1. The van der Waals surface area contributed by atoms with Gasteiger partial charge in [0.25, 0.3) is 5.91 Å². The van der Waals surface area contributed by atoms with Gasteiger partial charge in [0, 0.05) is 18.5 Å². The molecule has 0 bridgehead atoms. The maximum absolute atomic E-state index is 12.9. The number of benzene rings is 1. The molecule has 0 aliphatic carbocycles. The Morgan fingerprint density at radius 1 is 1.23 bits per heavy atom. The van der Waals surface area contributed by atoms with Gasteiger partial charge in [-0.2, -0.15) is 10.2 Å². The molecule has 1 aromatic heterocycles. The summed E-state index contributed by atoms with van der Waals surface area (Å²) in [7, 11) is 0. The van der Waals surface area contributed by atoms with Gasteiger partial charge in [0.15, 0.2) is 0 Å². The molecule has 0 N–H and O–H groups in total. The molecule has 0 spiro atoms. The van der Waals surface area contributed by atoms with E-state index in [4.69, 9.17) is 0 Å². The van der Waals surface area contributed by atoms with Gasteiger partial charge in [-0.3, -0.25) is 4.79 Å². The van der Waals surface area contributed by atoms with Gasteiger partial charge in [0.05, 0.1) is 17.3 Å². The van der Waals surface area contributed by atoms with Crippen molar-refractivity contribution in [2.75, 3.05) is 13.1 Å². The highest BCUT2D eigenvalue weighted by Gasteiger charge is 2.34. The lowest BCUT2D eigenvalue weighted by atomic mass is 9.72. The second-order valence-electron chi connectivity index (χ2n) is 6.88. The number of amides is 1. The number of carbonyl (C=O) groups is 1. The highest BCUT2D eigenvalue weighted by molar-refractivity contribution is 6.05. The predicted molar refractivity (Wildman–Crippen MR) is 87.6 cm³/mol. The number of fused-ring (bicyclic) bond motifs is 1. The number of hydrogen-bond donors (Lipinski definition) is 0. The Kier molecular flexibility index (Phi) is 3.85. The molecular weight excluding hydrogens is 274 g/mol. The van der Waals surface area contributed by atoms with E-state index in [2.05, 4.69) is 31.0 Å². The summed E-state index contributed by atoms with van der Waals surface area (Å²) in [4.78, 5) is 14.8. The van der Waals surface area contributed by atoms with E-state index in [0.29, 0.717) is 16.9 Å². The Labute approximate surface area is 131 Å². The van der Waals surface area contributed by atoms with Crippen molar-refractivity contribution in [2.45, 2.75) is 33.6 Å². The van der Waals surface area contributed by atoms with Crippen LogP contribution in [0.3, 0.4) is 0 Å². The molecule has 1 fully saturated rings. The van der Waals surface area contributed by atoms with Gasteiger partial charge in [-0.25, -0.2) is 0 Å². The second-order valence-corrected chi connectivity index (χ2v) is 6.88. The minimum Gasteiger partial charge on any atom is -0.339 e. The summed E-state index contributed by atoms with van der Waals surface area (Å²) < 4.78 is 0. The molecular formula is C18H23N3O. The normalized spacial score (nSPS) is 17.9. The Morgan fingerprint density at radius 3 is 2.59 bits per heavy atom. The van der Waals surface area contributed by atoms with E-state index in [9.17, 15) is 4.79 Å². The lowest BCUT2D eigenvalue weighted by Gasteiger charge is -2.42. The fraction of sp³-hybridized carbons (Fsp3) is 0.500. The van der Waals surface area contributed by atoms with Crippen LogP contribution in [0.5, 0.6) is 0 Å². The highest BCUT2D eigenvalue weighted by Crippen LogP contribution is 2.38. The number of hydrogen-bond acceptors (Lipinski definition) is 3. The van der Waals surface area contributed by atoms with Crippen LogP contribution >= 0.6 is 0 Å². The summed E-state index contributed by atoms with van der Waals surface area (Å²) in [6.45, 7) is 8.53. The van der Waals surface area contributed by atoms with Gasteiger partial charge < -0.3 is 4.90 Å². The predicted octanol–water partition coefficient (Wildman–Crippen LogP) is 3.53. The van der Waals surface area contributed by atoms with E-state index in [0.717, 1.165) is 36.8 Å². The summed E-state index contributed by atoms with van der Waals surface area (Å²) in [6.07, 6.45) is 3.72. The third-order valence-corrected chi connectivity index (χ3v) is 5.36.